The van der Waals surface area contributed by atoms with Gasteiger partial charge in [-0.2, -0.15) is 10.1 Å². The minimum absolute atomic E-state index is 0.0723. The van der Waals surface area contributed by atoms with Gasteiger partial charge >= 0.3 is 0 Å². The number of nitrogens with zero attached hydrogens (tertiary/aromatic N) is 4. The van der Waals surface area contributed by atoms with Crippen molar-refractivity contribution in [2.45, 2.75) is 25.2 Å². The van der Waals surface area contributed by atoms with Crippen molar-refractivity contribution in [3.05, 3.63) is 41.7 Å². The Balaban J connectivity index is 1.15. The highest BCUT2D eigenvalue weighted by Crippen LogP contribution is 2.29. The summed E-state index contributed by atoms with van der Waals surface area (Å²) >= 11 is 0. The molecule has 2 aromatic heterocycles. The van der Waals surface area contributed by atoms with Crippen LogP contribution in [0.3, 0.4) is 0 Å². The average molecular weight is 367 g/mol. The molecule has 1 aliphatic heterocycles. The number of hydrogen-bond donors (Lipinski definition) is 1. The predicted molar refractivity (Wildman–Crippen MR) is 96.3 cm³/mol. The summed E-state index contributed by atoms with van der Waals surface area (Å²) in [7, 11) is 0. The molecule has 3 heterocycles. The van der Waals surface area contributed by atoms with Crippen LogP contribution >= 0.6 is 0 Å². The third kappa shape index (κ3) is 3.32. The number of carbonyl (C=O) groups excluding carboxylic acids is 1. The second kappa shape index (κ2) is 6.77. The van der Waals surface area contributed by atoms with Crippen LogP contribution in [0.4, 0.5) is 0 Å². The predicted octanol–water partition coefficient (Wildman–Crippen LogP) is 2.15. The minimum atomic E-state index is -0.0723. The number of aromatic nitrogens is 4. The summed E-state index contributed by atoms with van der Waals surface area (Å²) in [6.45, 7) is 2.60. The van der Waals surface area contributed by atoms with Crippen molar-refractivity contribution >= 4 is 16.8 Å². The number of ether oxygens (including phenoxy) is 1. The Labute approximate surface area is 155 Å². The standard InChI is InChI=1S/C19H21N5O3/c25-19(17-14-3-1-2-4-15(14)21-22-17)24-9-13(10-24)18-20-16(23-27-18)7-8-26-11-12-5-6-12/h1-4,12-13H,5-11H2,(H,21,22). The maximum Gasteiger partial charge on any atom is 0.275 e. The number of rotatable bonds is 7. The number of aromatic amines is 1. The van der Waals surface area contributed by atoms with Crippen molar-refractivity contribution in [1.29, 1.82) is 0 Å². The first-order valence-electron chi connectivity index (χ1n) is 9.40. The molecule has 140 valence electrons. The number of hydrogen-bond acceptors (Lipinski definition) is 6. The number of nitrogens with one attached hydrogen (secondary N) is 1. The van der Waals surface area contributed by atoms with Crippen LogP contribution in [0.1, 0.15) is 41.0 Å². The number of para-hydroxylation sites is 1. The monoisotopic (exact) mass is 367 g/mol. The molecule has 0 unspecified atom stereocenters. The van der Waals surface area contributed by atoms with Crippen molar-refractivity contribution in [2.75, 3.05) is 26.3 Å². The van der Waals surface area contributed by atoms with E-state index in [2.05, 4.69) is 20.3 Å². The van der Waals surface area contributed by atoms with E-state index >= 15 is 0 Å². The summed E-state index contributed by atoms with van der Waals surface area (Å²) in [4.78, 5) is 18.9. The molecule has 0 spiro atoms. The third-order valence-electron chi connectivity index (χ3n) is 5.20. The number of carbonyl (C=O) groups is 1. The highest BCUT2D eigenvalue weighted by atomic mass is 16.5. The molecule has 8 nitrogen and oxygen atoms in total. The van der Waals surface area contributed by atoms with Crippen LogP contribution in [0.2, 0.25) is 0 Å². The van der Waals surface area contributed by atoms with Gasteiger partial charge in [-0.25, -0.2) is 0 Å². The lowest BCUT2D eigenvalue weighted by molar-refractivity contribution is 0.0565. The van der Waals surface area contributed by atoms with Gasteiger partial charge in [0, 0.05) is 31.5 Å². The summed E-state index contributed by atoms with van der Waals surface area (Å²) in [6, 6.07) is 7.63. The van der Waals surface area contributed by atoms with Gasteiger partial charge in [-0.3, -0.25) is 9.89 Å². The molecule has 1 amide bonds. The van der Waals surface area contributed by atoms with Crippen LogP contribution in [0, 0.1) is 5.92 Å². The van der Waals surface area contributed by atoms with E-state index < -0.39 is 0 Å². The maximum atomic E-state index is 12.7. The molecule has 1 saturated heterocycles. The Morgan fingerprint density at radius 1 is 1.30 bits per heavy atom. The molecule has 0 bridgehead atoms. The Morgan fingerprint density at radius 3 is 3.00 bits per heavy atom. The molecule has 0 radical (unpaired) electrons. The summed E-state index contributed by atoms with van der Waals surface area (Å²) in [6.07, 6.45) is 3.24. The zero-order valence-electron chi connectivity index (χ0n) is 14.9. The van der Waals surface area contributed by atoms with Gasteiger partial charge in [0.2, 0.25) is 5.89 Å². The van der Waals surface area contributed by atoms with E-state index in [1.807, 2.05) is 24.3 Å². The van der Waals surface area contributed by atoms with Crippen molar-refractivity contribution in [1.82, 2.24) is 25.2 Å². The largest absolute Gasteiger partial charge is 0.381 e. The van der Waals surface area contributed by atoms with Gasteiger partial charge in [-0.05, 0) is 24.8 Å². The molecule has 1 aliphatic carbocycles. The van der Waals surface area contributed by atoms with E-state index in [-0.39, 0.29) is 11.8 Å². The SMILES string of the molecule is O=C(c1n[nH]c2ccccc12)N1CC(c2nc(CCOCC3CC3)no2)C1. The van der Waals surface area contributed by atoms with Crippen molar-refractivity contribution < 1.29 is 14.1 Å². The topological polar surface area (TPSA) is 97.1 Å². The van der Waals surface area contributed by atoms with Crippen LogP contribution < -0.4 is 0 Å². The van der Waals surface area contributed by atoms with E-state index in [9.17, 15) is 4.79 Å². The number of H-pyrrole nitrogens is 1. The molecular weight excluding hydrogens is 346 g/mol. The number of amides is 1. The second-order valence-corrected chi connectivity index (χ2v) is 7.34. The normalized spacial score (nSPS) is 17.4. The molecule has 2 aliphatic rings. The second-order valence-electron chi connectivity index (χ2n) is 7.34. The van der Waals surface area contributed by atoms with E-state index in [1.165, 1.54) is 12.8 Å². The molecule has 3 aromatic rings. The molecule has 0 atom stereocenters. The molecule has 27 heavy (non-hydrogen) atoms. The lowest BCUT2D eigenvalue weighted by atomic mass is 9.99. The first kappa shape index (κ1) is 16.4. The molecule has 5 rings (SSSR count). The zero-order valence-corrected chi connectivity index (χ0v) is 14.9. The van der Waals surface area contributed by atoms with Crippen LogP contribution in [-0.4, -0.2) is 57.4 Å². The van der Waals surface area contributed by atoms with Gasteiger partial charge in [0.1, 0.15) is 0 Å². The molecule has 8 heteroatoms. The smallest absolute Gasteiger partial charge is 0.275 e. The van der Waals surface area contributed by atoms with Gasteiger partial charge in [0.15, 0.2) is 11.5 Å². The Morgan fingerprint density at radius 2 is 2.15 bits per heavy atom. The number of likely N-dealkylation sites (tertiary alicyclic amines) is 1. The van der Waals surface area contributed by atoms with E-state index in [4.69, 9.17) is 9.26 Å². The summed E-state index contributed by atoms with van der Waals surface area (Å²) in [5.74, 6) is 2.05. The van der Waals surface area contributed by atoms with Crippen molar-refractivity contribution in [2.24, 2.45) is 5.92 Å². The molecule has 1 aromatic carbocycles. The molecule has 1 N–H and O–H groups in total. The van der Waals surface area contributed by atoms with E-state index in [1.54, 1.807) is 4.90 Å². The first-order chi connectivity index (χ1) is 13.3. The van der Waals surface area contributed by atoms with Crippen molar-refractivity contribution in [3.63, 3.8) is 0 Å². The first-order valence-corrected chi connectivity index (χ1v) is 9.40. The number of fused-ring (bicyclic) bond motifs is 1. The summed E-state index contributed by atoms with van der Waals surface area (Å²) in [5, 5.41) is 12.0. The lowest BCUT2D eigenvalue weighted by Crippen LogP contribution is -2.48. The maximum absolute atomic E-state index is 12.7. The van der Waals surface area contributed by atoms with Crippen molar-refractivity contribution in [3.8, 4) is 0 Å². The fraction of sp³-hybridized carbons (Fsp3) is 0.474. The van der Waals surface area contributed by atoms with Gasteiger partial charge in [-0.1, -0.05) is 23.4 Å². The quantitative estimate of drug-likeness (QED) is 0.643. The van der Waals surface area contributed by atoms with Crippen LogP contribution in [0.5, 0.6) is 0 Å². The molecule has 2 fully saturated rings. The minimum Gasteiger partial charge on any atom is -0.381 e. The van der Waals surface area contributed by atoms with Crippen LogP contribution in [0.15, 0.2) is 28.8 Å². The number of benzene rings is 1. The highest BCUT2D eigenvalue weighted by molar-refractivity contribution is 6.04. The van der Waals surface area contributed by atoms with Crippen LogP contribution in [-0.2, 0) is 11.2 Å². The van der Waals surface area contributed by atoms with Crippen LogP contribution in [0.25, 0.3) is 10.9 Å². The Kier molecular flexibility index (Phi) is 4.12. The van der Waals surface area contributed by atoms with Gasteiger partial charge < -0.3 is 14.2 Å². The zero-order chi connectivity index (χ0) is 18.2. The molecular formula is C19H21N5O3. The van der Waals surface area contributed by atoms with Gasteiger partial charge in [0.05, 0.1) is 18.0 Å². The van der Waals surface area contributed by atoms with Gasteiger partial charge in [0.25, 0.3) is 5.91 Å². The fourth-order valence-corrected chi connectivity index (χ4v) is 3.31. The Hall–Kier alpha value is -2.74. The summed E-state index contributed by atoms with van der Waals surface area (Å²) in [5.41, 5.74) is 1.33. The van der Waals surface area contributed by atoms with E-state index in [0.717, 1.165) is 23.4 Å². The third-order valence-corrected chi connectivity index (χ3v) is 5.20. The summed E-state index contributed by atoms with van der Waals surface area (Å²) < 4.78 is 11.0. The van der Waals surface area contributed by atoms with Gasteiger partial charge in [-0.15, -0.1) is 0 Å². The molecule has 1 saturated carbocycles. The fourth-order valence-electron chi connectivity index (χ4n) is 3.31. The van der Waals surface area contributed by atoms with E-state index in [0.29, 0.717) is 43.5 Å². The Bertz CT molecular complexity index is 955. The lowest BCUT2D eigenvalue weighted by Gasteiger charge is -2.36. The highest BCUT2D eigenvalue weighted by Gasteiger charge is 2.37. The average Bonchev–Trinajstić information content (AvgIpc) is 3.19.